The molecule has 0 aliphatic heterocycles. The second-order valence-electron chi connectivity index (χ2n) is 6.11. The molecule has 4 aromatic rings. The first-order chi connectivity index (χ1) is 13.5. The van der Waals surface area contributed by atoms with Gasteiger partial charge in [-0.3, -0.25) is 14.7 Å². The van der Waals surface area contributed by atoms with E-state index >= 15 is 0 Å². The number of hydrogen-bond acceptors (Lipinski definition) is 6. The monoisotopic (exact) mass is 443 g/mol. The second-order valence-corrected chi connectivity index (χ2v) is 7.03. The van der Waals surface area contributed by atoms with Crippen molar-refractivity contribution in [3.05, 3.63) is 67.5 Å². The highest BCUT2D eigenvalue weighted by Gasteiger charge is 2.20. The Hall–Kier alpha value is -3.04. The molecule has 0 N–H and O–H groups in total. The molecular weight excluding hydrogens is 430 g/mol. The lowest BCUT2D eigenvalue weighted by Crippen LogP contribution is -2.25. The van der Waals surface area contributed by atoms with Gasteiger partial charge in [-0.1, -0.05) is 15.9 Å². The zero-order chi connectivity index (χ0) is 19.8. The van der Waals surface area contributed by atoms with E-state index in [2.05, 4.69) is 20.9 Å². The van der Waals surface area contributed by atoms with Crippen molar-refractivity contribution in [1.82, 2.24) is 9.55 Å². The number of nitrogens with zero attached hydrogens (tertiary/aromatic N) is 3. The van der Waals surface area contributed by atoms with E-state index in [1.165, 1.54) is 16.7 Å². The molecule has 0 amide bonds. The zero-order valence-electron chi connectivity index (χ0n) is 14.7. The lowest BCUT2D eigenvalue weighted by atomic mass is 10.1. The Kier molecular flexibility index (Phi) is 4.70. The number of furan rings is 1. The van der Waals surface area contributed by atoms with Gasteiger partial charge in [0.1, 0.15) is 16.8 Å². The van der Waals surface area contributed by atoms with Crippen LogP contribution in [0.1, 0.15) is 0 Å². The average Bonchev–Trinajstić information content (AvgIpc) is 3.05. The lowest BCUT2D eigenvalue weighted by molar-refractivity contribution is -0.384. The summed E-state index contributed by atoms with van der Waals surface area (Å²) in [6.45, 7) is 0.667. The Morgan fingerprint density at radius 1 is 1.25 bits per heavy atom. The van der Waals surface area contributed by atoms with E-state index < -0.39 is 10.6 Å². The van der Waals surface area contributed by atoms with Crippen LogP contribution in [-0.2, 0) is 11.3 Å². The molecule has 9 heteroatoms. The molecule has 0 spiro atoms. The van der Waals surface area contributed by atoms with E-state index in [4.69, 9.17) is 9.15 Å². The van der Waals surface area contributed by atoms with Gasteiger partial charge in [0.05, 0.1) is 18.1 Å². The van der Waals surface area contributed by atoms with Crippen molar-refractivity contribution in [2.45, 2.75) is 6.54 Å². The minimum Gasteiger partial charge on any atom is -0.452 e. The molecule has 8 nitrogen and oxygen atoms in total. The number of fused-ring (bicyclic) bond motifs is 3. The Balaban J connectivity index is 2.03. The molecule has 0 aliphatic carbocycles. The van der Waals surface area contributed by atoms with E-state index in [1.807, 2.05) is 18.2 Å². The average molecular weight is 444 g/mol. The number of non-ortho nitro benzene ring substituents is 1. The topological polar surface area (TPSA) is 100 Å². The first-order valence-electron chi connectivity index (χ1n) is 8.36. The van der Waals surface area contributed by atoms with Crippen LogP contribution in [0.3, 0.4) is 0 Å². The summed E-state index contributed by atoms with van der Waals surface area (Å²) in [5.41, 5.74) is 2.09. The molecule has 0 atom stereocenters. The molecule has 28 heavy (non-hydrogen) atoms. The highest BCUT2D eigenvalue weighted by molar-refractivity contribution is 9.10. The van der Waals surface area contributed by atoms with Crippen LogP contribution in [0, 0.1) is 10.1 Å². The molecule has 0 bridgehead atoms. The van der Waals surface area contributed by atoms with Crippen LogP contribution in [0.4, 0.5) is 5.69 Å². The highest BCUT2D eigenvalue weighted by atomic mass is 79.9. The van der Waals surface area contributed by atoms with Gasteiger partial charge in [-0.25, -0.2) is 4.79 Å². The highest BCUT2D eigenvalue weighted by Crippen LogP contribution is 2.35. The summed E-state index contributed by atoms with van der Waals surface area (Å²) in [5, 5.41) is 11.7. The van der Waals surface area contributed by atoms with E-state index in [-0.39, 0.29) is 5.69 Å². The summed E-state index contributed by atoms with van der Waals surface area (Å²) in [6.07, 6.45) is 0. The third-order valence-electron chi connectivity index (χ3n) is 4.42. The maximum atomic E-state index is 12.8. The standard InChI is InChI=1S/C19H14BrN3O5/c1-27-9-8-22-17-14-7-4-12(20)10-15(14)28-18(17)16(21-19(22)24)11-2-5-13(6-3-11)23(25)26/h2-7,10H,8-9H2,1H3. The van der Waals surface area contributed by atoms with Crippen LogP contribution >= 0.6 is 15.9 Å². The van der Waals surface area contributed by atoms with Crippen molar-refractivity contribution in [1.29, 1.82) is 0 Å². The summed E-state index contributed by atoms with van der Waals surface area (Å²) in [5.74, 6) is 0. The Morgan fingerprint density at radius 2 is 2.00 bits per heavy atom. The molecular formula is C19H14BrN3O5. The molecule has 0 saturated heterocycles. The predicted octanol–water partition coefficient (Wildman–Crippen LogP) is 4.13. The van der Waals surface area contributed by atoms with E-state index in [0.29, 0.717) is 41.1 Å². The quantitative estimate of drug-likeness (QED) is 0.339. The third-order valence-corrected chi connectivity index (χ3v) is 4.91. The summed E-state index contributed by atoms with van der Waals surface area (Å²) in [7, 11) is 1.56. The molecule has 2 aromatic heterocycles. The van der Waals surface area contributed by atoms with Crippen molar-refractivity contribution in [2.24, 2.45) is 0 Å². The number of ether oxygens (including phenoxy) is 1. The van der Waals surface area contributed by atoms with Crippen molar-refractivity contribution in [2.75, 3.05) is 13.7 Å². The van der Waals surface area contributed by atoms with E-state index in [0.717, 1.165) is 9.86 Å². The van der Waals surface area contributed by atoms with Gasteiger partial charge in [-0.2, -0.15) is 4.98 Å². The molecule has 0 radical (unpaired) electrons. The second kappa shape index (κ2) is 7.17. The normalized spacial score (nSPS) is 11.4. The van der Waals surface area contributed by atoms with Crippen LogP contribution in [-0.4, -0.2) is 28.2 Å². The first-order valence-corrected chi connectivity index (χ1v) is 9.15. The van der Waals surface area contributed by atoms with Gasteiger partial charge in [-0.05, 0) is 30.3 Å². The number of nitro benzene ring substituents is 1. The Morgan fingerprint density at radius 3 is 2.68 bits per heavy atom. The van der Waals surface area contributed by atoms with Gasteiger partial charge >= 0.3 is 5.69 Å². The van der Waals surface area contributed by atoms with Crippen LogP contribution in [0.15, 0.2) is 56.1 Å². The van der Waals surface area contributed by atoms with E-state index in [1.54, 1.807) is 19.2 Å². The zero-order valence-corrected chi connectivity index (χ0v) is 16.3. The maximum Gasteiger partial charge on any atom is 0.348 e. The summed E-state index contributed by atoms with van der Waals surface area (Å²) < 4.78 is 13.5. The summed E-state index contributed by atoms with van der Waals surface area (Å²) >= 11 is 3.42. The van der Waals surface area contributed by atoms with Gasteiger partial charge in [0.2, 0.25) is 0 Å². The molecule has 2 heterocycles. The molecule has 0 fully saturated rings. The number of halogens is 1. The Labute approximate surface area is 166 Å². The minimum absolute atomic E-state index is 0.0398. The predicted molar refractivity (Wildman–Crippen MR) is 107 cm³/mol. The lowest BCUT2D eigenvalue weighted by Gasteiger charge is -2.09. The van der Waals surface area contributed by atoms with E-state index in [9.17, 15) is 14.9 Å². The van der Waals surface area contributed by atoms with Gasteiger partial charge < -0.3 is 9.15 Å². The number of aromatic nitrogens is 2. The van der Waals surface area contributed by atoms with Crippen molar-refractivity contribution >= 4 is 43.7 Å². The number of hydrogen-bond donors (Lipinski definition) is 0. The van der Waals surface area contributed by atoms with Crippen LogP contribution in [0.25, 0.3) is 33.3 Å². The van der Waals surface area contributed by atoms with Crippen LogP contribution in [0.5, 0.6) is 0 Å². The molecule has 0 unspecified atom stereocenters. The fourth-order valence-corrected chi connectivity index (χ4v) is 3.45. The van der Waals surface area contributed by atoms with Crippen molar-refractivity contribution in [3.8, 4) is 11.3 Å². The Bertz CT molecular complexity index is 1260. The summed E-state index contributed by atoms with van der Waals surface area (Å²) in [6, 6.07) is 11.4. The third kappa shape index (κ3) is 3.08. The van der Waals surface area contributed by atoms with Crippen molar-refractivity contribution in [3.63, 3.8) is 0 Å². The summed E-state index contributed by atoms with van der Waals surface area (Å²) in [4.78, 5) is 27.4. The fourth-order valence-electron chi connectivity index (χ4n) is 3.11. The number of nitro groups is 1. The van der Waals surface area contributed by atoms with Gasteiger partial charge in [-0.15, -0.1) is 0 Å². The SMILES string of the molecule is COCCn1c(=O)nc(-c2ccc([N+](=O)[O-])cc2)c2oc3cc(Br)ccc3c21. The van der Waals surface area contributed by atoms with Crippen molar-refractivity contribution < 1.29 is 14.1 Å². The van der Waals surface area contributed by atoms with Crippen LogP contribution < -0.4 is 5.69 Å². The molecule has 4 rings (SSSR count). The maximum absolute atomic E-state index is 12.8. The largest absolute Gasteiger partial charge is 0.452 e. The van der Waals surface area contributed by atoms with Gasteiger partial charge in [0.15, 0.2) is 5.58 Å². The number of benzene rings is 2. The molecule has 2 aromatic carbocycles. The molecule has 0 saturated carbocycles. The number of rotatable bonds is 5. The minimum atomic E-state index is -0.478. The first kappa shape index (κ1) is 18.3. The molecule has 0 aliphatic rings. The van der Waals surface area contributed by atoms with Crippen LogP contribution in [0.2, 0.25) is 0 Å². The van der Waals surface area contributed by atoms with Gasteiger partial charge in [0, 0.05) is 34.7 Å². The smallest absolute Gasteiger partial charge is 0.348 e. The molecule has 142 valence electrons. The van der Waals surface area contributed by atoms with Gasteiger partial charge in [0.25, 0.3) is 5.69 Å². The fraction of sp³-hybridized carbons (Fsp3) is 0.158. The number of methoxy groups -OCH3 is 1.